The van der Waals surface area contributed by atoms with Crippen LogP contribution in [0.25, 0.3) is 11.6 Å². The van der Waals surface area contributed by atoms with Crippen LogP contribution in [0.3, 0.4) is 0 Å². The minimum atomic E-state index is -0.225. The molecular formula is C28H35NO3. The van der Waals surface area contributed by atoms with Gasteiger partial charge in [0.1, 0.15) is 11.5 Å². The van der Waals surface area contributed by atoms with E-state index in [2.05, 4.69) is 12.2 Å². The first-order chi connectivity index (χ1) is 15.7. The number of hydrogen-bond donors (Lipinski definition) is 2. The smallest absolute Gasteiger partial charge is 0.256 e. The lowest BCUT2D eigenvalue weighted by Gasteiger charge is -2.11. The molecule has 2 N–H and O–H groups in total. The van der Waals surface area contributed by atoms with Crippen molar-refractivity contribution in [3.8, 4) is 11.5 Å². The van der Waals surface area contributed by atoms with Gasteiger partial charge in [-0.3, -0.25) is 4.79 Å². The molecule has 0 saturated heterocycles. The summed E-state index contributed by atoms with van der Waals surface area (Å²) in [6, 6.07) is 23.6. The zero-order valence-electron chi connectivity index (χ0n) is 19.8. The summed E-state index contributed by atoms with van der Waals surface area (Å²) in [4.78, 5) is 13.0. The van der Waals surface area contributed by atoms with Crippen molar-refractivity contribution in [2.45, 2.75) is 41.0 Å². The maximum Gasteiger partial charge on any atom is 0.256 e. The molecule has 0 saturated carbocycles. The summed E-state index contributed by atoms with van der Waals surface area (Å²) < 4.78 is 5.57. The molecule has 0 aliphatic heterocycles. The van der Waals surface area contributed by atoms with Crippen LogP contribution in [-0.2, 0) is 4.79 Å². The van der Waals surface area contributed by atoms with Crippen LogP contribution in [0, 0.1) is 0 Å². The van der Waals surface area contributed by atoms with E-state index in [4.69, 9.17) is 4.74 Å². The molecular weight excluding hydrogens is 398 g/mol. The molecule has 32 heavy (non-hydrogen) atoms. The number of phenols is 1. The summed E-state index contributed by atoms with van der Waals surface area (Å²) in [5, 5.41) is 12.5. The number of rotatable bonds is 7. The van der Waals surface area contributed by atoms with Crippen LogP contribution in [0.5, 0.6) is 11.5 Å². The van der Waals surface area contributed by atoms with Gasteiger partial charge in [0.05, 0.1) is 6.61 Å². The lowest BCUT2D eigenvalue weighted by atomic mass is 10.0. The first-order valence-electron chi connectivity index (χ1n) is 11.3. The van der Waals surface area contributed by atoms with E-state index in [0.717, 1.165) is 23.3 Å². The molecule has 0 heterocycles. The van der Waals surface area contributed by atoms with Crippen LogP contribution < -0.4 is 10.1 Å². The predicted octanol–water partition coefficient (Wildman–Crippen LogP) is 7.41. The fraction of sp³-hybridized carbons (Fsp3) is 0.250. The van der Waals surface area contributed by atoms with Gasteiger partial charge in [0, 0.05) is 11.3 Å². The highest BCUT2D eigenvalue weighted by Crippen LogP contribution is 2.23. The Morgan fingerprint density at radius 2 is 1.47 bits per heavy atom. The Morgan fingerprint density at radius 3 is 2.03 bits per heavy atom. The highest BCUT2D eigenvalue weighted by molar-refractivity contribution is 6.29. The Kier molecular flexibility index (Phi) is 12.7. The van der Waals surface area contributed by atoms with Crippen LogP contribution >= 0.6 is 0 Å². The Hall–Kier alpha value is -3.53. The Bertz CT molecular complexity index is 931. The average Bonchev–Trinajstić information content (AvgIpc) is 2.86. The number of hydrogen-bond acceptors (Lipinski definition) is 3. The molecule has 0 bridgehead atoms. The second kappa shape index (κ2) is 15.3. The third-order valence-electron chi connectivity index (χ3n) is 4.12. The fourth-order valence-corrected chi connectivity index (χ4v) is 2.69. The van der Waals surface area contributed by atoms with E-state index in [1.165, 1.54) is 0 Å². The van der Waals surface area contributed by atoms with Gasteiger partial charge in [0.25, 0.3) is 5.91 Å². The normalized spacial score (nSPS) is 10.1. The third kappa shape index (κ3) is 8.68. The van der Waals surface area contributed by atoms with E-state index >= 15 is 0 Å². The predicted molar refractivity (Wildman–Crippen MR) is 136 cm³/mol. The third-order valence-corrected chi connectivity index (χ3v) is 4.12. The summed E-state index contributed by atoms with van der Waals surface area (Å²) in [7, 11) is 0. The number of benzene rings is 3. The zero-order valence-corrected chi connectivity index (χ0v) is 19.8. The first-order valence-corrected chi connectivity index (χ1v) is 11.3. The summed E-state index contributed by atoms with van der Waals surface area (Å²) in [5.74, 6) is 0.709. The van der Waals surface area contributed by atoms with Crippen molar-refractivity contribution in [2.24, 2.45) is 0 Å². The summed E-state index contributed by atoms with van der Waals surface area (Å²) in [5.41, 5.74) is 2.84. The van der Waals surface area contributed by atoms with E-state index in [-0.39, 0.29) is 11.7 Å². The van der Waals surface area contributed by atoms with Gasteiger partial charge in [-0.15, -0.1) is 0 Å². The highest BCUT2D eigenvalue weighted by Gasteiger charge is 2.13. The molecule has 0 spiro atoms. The van der Waals surface area contributed by atoms with Crippen LogP contribution in [0.2, 0.25) is 0 Å². The topological polar surface area (TPSA) is 58.6 Å². The molecule has 4 nitrogen and oxygen atoms in total. The molecule has 1 amide bonds. The number of aromatic hydroxyl groups is 1. The number of nitrogens with one attached hydrogen (secondary N) is 1. The maximum atomic E-state index is 13.0. The van der Waals surface area contributed by atoms with Crippen molar-refractivity contribution in [3.63, 3.8) is 0 Å². The lowest BCUT2D eigenvalue weighted by Crippen LogP contribution is -2.13. The van der Waals surface area contributed by atoms with Gasteiger partial charge in [-0.1, -0.05) is 77.1 Å². The van der Waals surface area contributed by atoms with Gasteiger partial charge in [-0.25, -0.2) is 0 Å². The molecule has 0 atom stereocenters. The van der Waals surface area contributed by atoms with Crippen LogP contribution in [-0.4, -0.2) is 17.6 Å². The van der Waals surface area contributed by atoms with Crippen molar-refractivity contribution in [2.75, 3.05) is 11.9 Å². The molecule has 0 fully saturated rings. The van der Waals surface area contributed by atoms with Crippen LogP contribution in [0.1, 0.15) is 52.2 Å². The number of carbonyl (C=O) groups excluding carboxylic acids is 1. The number of ether oxygens (including phenoxy) is 1. The summed E-state index contributed by atoms with van der Waals surface area (Å²) in [6.45, 7) is 10.7. The minimum Gasteiger partial charge on any atom is -0.508 e. The van der Waals surface area contributed by atoms with Gasteiger partial charge in [0.15, 0.2) is 0 Å². The lowest BCUT2D eigenvalue weighted by molar-refractivity contribution is -0.111. The maximum absolute atomic E-state index is 13.0. The van der Waals surface area contributed by atoms with E-state index in [1.54, 1.807) is 24.3 Å². The number of anilines is 1. The van der Waals surface area contributed by atoms with Crippen LogP contribution in [0.4, 0.5) is 5.69 Å². The molecule has 0 aromatic heterocycles. The molecule has 3 aromatic rings. The molecule has 0 aliphatic carbocycles. The van der Waals surface area contributed by atoms with Gasteiger partial charge in [-0.05, 0) is 60.0 Å². The second-order valence-electron chi connectivity index (χ2n) is 6.34. The average molecular weight is 434 g/mol. The molecule has 0 unspecified atom stereocenters. The summed E-state index contributed by atoms with van der Waals surface area (Å²) in [6.07, 6.45) is 2.78. The minimum absolute atomic E-state index is 0.158. The van der Waals surface area contributed by atoms with Crippen LogP contribution in [0.15, 0.2) is 78.9 Å². The molecule has 3 aromatic carbocycles. The van der Waals surface area contributed by atoms with E-state index < -0.39 is 0 Å². The van der Waals surface area contributed by atoms with Gasteiger partial charge in [0.2, 0.25) is 0 Å². The zero-order chi connectivity index (χ0) is 23.8. The largest absolute Gasteiger partial charge is 0.508 e. The number of phenolic OH excluding ortho intramolecular Hbond substituents is 1. The van der Waals surface area contributed by atoms with Crippen molar-refractivity contribution in [1.29, 1.82) is 0 Å². The SMILES string of the molecule is CC.CC.CCCOc1ccc(NC(=O)/C(=C/c2ccccc2)c2ccc(O)cc2)cc1. The van der Waals surface area contributed by atoms with Crippen molar-refractivity contribution in [1.82, 2.24) is 0 Å². The Labute approximate surface area is 192 Å². The summed E-state index contributed by atoms with van der Waals surface area (Å²) >= 11 is 0. The van der Waals surface area contributed by atoms with Gasteiger partial charge in [-0.2, -0.15) is 0 Å². The van der Waals surface area contributed by atoms with Gasteiger partial charge >= 0.3 is 0 Å². The first kappa shape index (κ1) is 26.5. The quantitative estimate of drug-likeness (QED) is 0.301. The van der Waals surface area contributed by atoms with E-state index in [9.17, 15) is 9.90 Å². The molecule has 170 valence electrons. The number of carbonyl (C=O) groups is 1. The number of amides is 1. The van der Waals surface area contributed by atoms with Crippen molar-refractivity contribution < 1.29 is 14.6 Å². The Balaban J connectivity index is 0.00000121. The van der Waals surface area contributed by atoms with Gasteiger partial charge < -0.3 is 15.2 Å². The second-order valence-corrected chi connectivity index (χ2v) is 6.34. The molecule has 0 radical (unpaired) electrons. The monoisotopic (exact) mass is 433 g/mol. The van der Waals surface area contributed by atoms with Crippen molar-refractivity contribution in [3.05, 3.63) is 90.0 Å². The molecule has 0 aliphatic rings. The fourth-order valence-electron chi connectivity index (χ4n) is 2.69. The standard InChI is InChI=1S/C24H23NO3.2C2H6/c1-2-16-28-22-14-10-20(11-15-22)25-24(27)23(17-18-6-4-3-5-7-18)19-8-12-21(26)13-9-19;2*1-2/h3-15,17,26H,2,16H2,1H3,(H,25,27);2*1-2H3/b23-17+;;. The Morgan fingerprint density at radius 1 is 0.875 bits per heavy atom. The van der Waals surface area contributed by atoms with Crippen molar-refractivity contribution >= 4 is 23.2 Å². The highest BCUT2D eigenvalue weighted by atomic mass is 16.5. The molecule has 4 heteroatoms. The molecule has 3 rings (SSSR count). The van der Waals surface area contributed by atoms with E-state index in [1.807, 2.05) is 88.4 Å². The van der Waals surface area contributed by atoms with E-state index in [0.29, 0.717) is 17.9 Å².